The van der Waals surface area contributed by atoms with Crippen molar-refractivity contribution in [2.75, 3.05) is 5.32 Å². The summed E-state index contributed by atoms with van der Waals surface area (Å²) in [5.41, 5.74) is 2.57. The number of aromatic nitrogens is 2. The Morgan fingerprint density at radius 1 is 1.24 bits per heavy atom. The number of fused-ring (bicyclic) bond motifs is 1. The lowest BCUT2D eigenvalue weighted by Crippen LogP contribution is -2.14. The molecule has 0 aliphatic heterocycles. The molecule has 0 aliphatic rings. The van der Waals surface area contributed by atoms with Gasteiger partial charge in [0, 0.05) is 11.6 Å². The van der Waals surface area contributed by atoms with E-state index in [2.05, 4.69) is 15.3 Å². The molecule has 2 aromatic heterocycles. The van der Waals surface area contributed by atoms with Gasteiger partial charge < -0.3 is 5.32 Å². The second-order valence-electron chi connectivity index (χ2n) is 4.65. The average molecular weight is 298 g/mol. The predicted molar refractivity (Wildman–Crippen MR) is 83.7 cm³/mol. The van der Waals surface area contributed by atoms with Crippen LogP contribution in [0, 0.1) is 6.92 Å². The number of hydrogen-bond donors (Lipinski definition) is 1. The molecule has 0 radical (unpaired) electrons. The van der Waals surface area contributed by atoms with Crippen LogP contribution in [0.1, 0.15) is 16.1 Å². The van der Waals surface area contributed by atoms with E-state index in [0.29, 0.717) is 16.2 Å². The van der Waals surface area contributed by atoms with Gasteiger partial charge in [0.1, 0.15) is 5.69 Å². The molecule has 0 spiro atoms. The first kappa shape index (κ1) is 13.5. The molecular formula is C16H12ClN3O. The number of hydrogen-bond acceptors (Lipinski definition) is 3. The molecule has 0 fully saturated rings. The molecule has 2 heterocycles. The standard InChI is InChI=1S/C16H12ClN3O/c1-10-6-7-18-9-15(10)20-16(21)14-8-12(17)11-4-2-3-5-13(11)19-14/h2-9H,1H3,(H,20,21). The number of halogens is 1. The van der Waals surface area contributed by atoms with E-state index in [0.717, 1.165) is 10.9 Å². The Morgan fingerprint density at radius 3 is 2.86 bits per heavy atom. The largest absolute Gasteiger partial charge is 0.319 e. The van der Waals surface area contributed by atoms with Gasteiger partial charge in [-0.05, 0) is 30.7 Å². The topological polar surface area (TPSA) is 54.9 Å². The van der Waals surface area contributed by atoms with Gasteiger partial charge in [0.25, 0.3) is 5.91 Å². The number of nitrogens with one attached hydrogen (secondary N) is 1. The Bertz CT molecular complexity index is 833. The van der Waals surface area contributed by atoms with Gasteiger partial charge >= 0.3 is 0 Å². The van der Waals surface area contributed by atoms with Crippen LogP contribution in [0.4, 0.5) is 5.69 Å². The maximum Gasteiger partial charge on any atom is 0.274 e. The first-order valence-corrected chi connectivity index (χ1v) is 6.80. The van der Waals surface area contributed by atoms with Crippen molar-refractivity contribution in [1.29, 1.82) is 0 Å². The summed E-state index contributed by atoms with van der Waals surface area (Å²) < 4.78 is 0. The Balaban J connectivity index is 1.97. The Kier molecular flexibility index (Phi) is 3.54. The number of carbonyl (C=O) groups excluding carboxylic acids is 1. The number of carbonyl (C=O) groups is 1. The molecule has 21 heavy (non-hydrogen) atoms. The maximum absolute atomic E-state index is 12.3. The predicted octanol–water partition coefficient (Wildman–Crippen LogP) is 3.84. The van der Waals surface area contributed by atoms with Crippen LogP contribution in [0.2, 0.25) is 5.02 Å². The molecule has 104 valence electrons. The molecule has 3 aromatic rings. The summed E-state index contributed by atoms with van der Waals surface area (Å²) >= 11 is 6.21. The molecule has 3 rings (SSSR count). The van der Waals surface area contributed by atoms with E-state index in [1.54, 1.807) is 18.5 Å². The Labute approximate surface area is 126 Å². The van der Waals surface area contributed by atoms with Crippen molar-refractivity contribution >= 4 is 34.1 Å². The van der Waals surface area contributed by atoms with Crippen LogP contribution in [0.25, 0.3) is 10.9 Å². The van der Waals surface area contributed by atoms with Gasteiger partial charge in [-0.2, -0.15) is 0 Å². The number of amides is 1. The number of rotatable bonds is 2. The average Bonchev–Trinajstić information content (AvgIpc) is 2.49. The van der Waals surface area contributed by atoms with Gasteiger partial charge in [-0.15, -0.1) is 0 Å². The van der Waals surface area contributed by atoms with E-state index >= 15 is 0 Å². The lowest BCUT2D eigenvalue weighted by atomic mass is 10.2. The minimum Gasteiger partial charge on any atom is -0.319 e. The summed E-state index contributed by atoms with van der Waals surface area (Å²) in [5.74, 6) is -0.307. The minimum atomic E-state index is -0.307. The molecule has 4 nitrogen and oxygen atoms in total. The van der Waals surface area contributed by atoms with Crippen molar-refractivity contribution in [3.63, 3.8) is 0 Å². The summed E-state index contributed by atoms with van der Waals surface area (Å²) in [6.07, 6.45) is 3.28. The minimum absolute atomic E-state index is 0.280. The quantitative estimate of drug-likeness (QED) is 0.782. The highest BCUT2D eigenvalue weighted by molar-refractivity contribution is 6.35. The normalized spacial score (nSPS) is 10.6. The molecule has 5 heteroatoms. The highest BCUT2D eigenvalue weighted by atomic mass is 35.5. The second-order valence-corrected chi connectivity index (χ2v) is 5.06. The number of para-hydroxylation sites is 1. The number of pyridine rings is 2. The van der Waals surface area contributed by atoms with E-state index in [9.17, 15) is 4.79 Å². The molecule has 0 bridgehead atoms. The third-order valence-electron chi connectivity index (χ3n) is 3.19. The highest BCUT2D eigenvalue weighted by Gasteiger charge is 2.12. The van der Waals surface area contributed by atoms with E-state index in [1.807, 2.05) is 37.3 Å². The fourth-order valence-electron chi connectivity index (χ4n) is 2.03. The Hall–Kier alpha value is -2.46. The summed E-state index contributed by atoms with van der Waals surface area (Å²) in [6, 6.07) is 10.8. The molecule has 0 atom stereocenters. The van der Waals surface area contributed by atoms with Crippen LogP contribution in [0.15, 0.2) is 48.8 Å². The fraction of sp³-hybridized carbons (Fsp3) is 0.0625. The fourth-order valence-corrected chi connectivity index (χ4v) is 2.29. The van der Waals surface area contributed by atoms with Crippen molar-refractivity contribution < 1.29 is 4.79 Å². The molecule has 0 aliphatic carbocycles. The molecule has 1 amide bonds. The van der Waals surface area contributed by atoms with Crippen LogP contribution in [-0.2, 0) is 0 Å². The third-order valence-corrected chi connectivity index (χ3v) is 3.50. The summed E-state index contributed by atoms with van der Waals surface area (Å²) in [5, 5.41) is 4.13. The Morgan fingerprint density at radius 2 is 2.05 bits per heavy atom. The summed E-state index contributed by atoms with van der Waals surface area (Å²) in [6.45, 7) is 1.90. The van der Waals surface area contributed by atoms with E-state index in [-0.39, 0.29) is 11.6 Å². The van der Waals surface area contributed by atoms with Crippen molar-refractivity contribution in [2.24, 2.45) is 0 Å². The smallest absolute Gasteiger partial charge is 0.274 e. The molecule has 0 saturated carbocycles. The zero-order valence-corrected chi connectivity index (χ0v) is 12.1. The van der Waals surface area contributed by atoms with Crippen LogP contribution < -0.4 is 5.32 Å². The van der Waals surface area contributed by atoms with Gasteiger partial charge in [0.05, 0.1) is 22.4 Å². The van der Waals surface area contributed by atoms with E-state index < -0.39 is 0 Å². The van der Waals surface area contributed by atoms with Gasteiger partial charge in [0.15, 0.2) is 0 Å². The van der Waals surface area contributed by atoms with Crippen molar-refractivity contribution in [3.8, 4) is 0 Å². The molecule has 1 N–H and O–H groups in total. The summed E-state index contributed by atoms with van der Waals surface area (Å²) in [4.78, 5) is 20.6. The number of aryl methyl sites for hydroxylation is 1. The highest BCUT2D eigenvalue weighted by Crippen LogP contribution is 2.23. The van der Waals surface area contributed by atoms with E-state index in [1.165, 1.54) is 0 Å². The van der Waals surface area contributed by atoms with Crippen LogP contribution in [0.5, 0.6) is 0 Å². The van der Waals surface area contributed by atoms with E-state index in [4.69, 9.17) is 11.6 Å². The maximum atomic E-state index is 12.3. The van der Waals surface area contributed by atoms with Gasteiger partial charge in [-0.3, -0.25) is 9.78 Å². The number of anilines is 1. The van der Waals surface area contributed by atoms with Gasteiger partial charge in [-0.25, -0.2) is 4.98 Å². The second kappa shape index (κ2) is 5.50. The number of nitrogens with zero attached hydrogens (tertiary/aromatic N) is 2. The summed E-state index contributed by atoms with van der Waals surface area (Å²) in [7, 11) is 0. The van der Waals surface area contributed by atoms with Crippen LogP contribution in [0.3, 0.4) is 0 Å². The van der Waals surface area contributed by atoms with Crippen LogP contribution in [-0.4, -0.2) is 15.9 Å². The molecule has 1 aromatic carbocycles. The lowest BCUT2D eigenvalue weighted by molar-refractivity contribution is 0.102. The van der Waals surface area contributed by atoms with Crippen LogP contribution >= 0.6 is 11.6 Å². The van der Waals surface area contributed by atoms with Crippen molar-refractivity contribution in [3.05, 3.63) is 65.1 Å². The zero-order valence-electron chi connectivity index (χ0n) is 11.3. The van der Waals surface area contributed by atoms with Gasteiger partial charge in [-0.1, -0.05) is 29.8 Å². The number of benzene rings is 1. The first-order chi connectivity index (χ1) is 10.1. The lowest BCUT2D eigenvalue weighted by Gasteiger charge is -2.08. The van der Waals surface area contributed by atoms with Crippen molar-refractivity contribution in [1.82, 2.24) is 9.97 Å². The molecular weight excluding hydrogens is 286 g/mol. The van der Waals surface area contributed by atoms with Gasteiger partial charge in [0.2, 0.25) is 0 Å². The van der Waals surface area contributed by atoms with Crippen molar-refractivity contribution in [2.45, 2.75) is 6.92 Å². The molecule has 0 unspecified atom stereocenters. The third kappa shape index (κ3) is 2.71. The molecule has 0 saturated heterocycles. The monoisotopic (exact) mass is 297 g/mol. The zero-order chi connectivity index (χ0) is 14.8. The SMILES string of the molecule is Cc1ccncc1NC(=O)c1cc(Cl)c2ccccc2n1. The first-order valence-electron chi connectivity index (χ1n) is 6.42.